The number of likely N-dealkylation sites (tertiary alicyclic amines) is 1. The number of carbonyl (C=O) groups is 1. The van der Waals surface area contributed by atoms with E-state index < -0.39 is 5.72 Å². The molecule has 0 aromatic heterocycles. The van der Waals surface area contributed by atoms with Crippen molar-refractivity contribution in [1.82, 2.24) is 10.2 Å². The molecule has 0 saturated carbocycles. The van der Waals surface area contributed by atoms with Gasteiger partial charge in [0.15, 0.2) is 5.72 Å². The quantitative estimate of drug-likeness (QED) is 0.922. The van der Waals surface area contributed by atoms with Gasteiger partial charge < -0.3 is 10.1 Å². The summed E-state index contributed by atoms with van der Waals surface area (Å²) in [4.78, 5) is 14.5. The minimum absolute atomic E-state index is 0.0839. The summed E-state index contributed by atoms with van der Waals surface area (Å²) in [5.41, 5.74) is 0.640. The first-order valence-corrected chi connectivity index (χ1v) is 8.22. The van der Waals surface area contributed by atoms with Gasteiger partial charge in [-0.2, -0.15) is 0 Å². The fourth-order valence-electron chi connectivity index (χ4n) is 3.42. The maximum atomic E-state index is 13.8. The Kier molecular flexibility index (Phi) is 3.73. The van der Waals surface area contributed by atoms with Gasteiger partial charge in [0.05, 0.1) is 5.56 Å². The monoisotopic (exact) mass is 326 g/mol. The molecular formula is C19H19FN2O2. The lowest BCUT2D eigenvalue weighted by Gasteiger charge is -2.44. The standard InChI is InChI=1S/C19H19FN2O2/c20-16-7-3-1-5-14(16)13-22-11-9-19(10-12-22)21-18(23)15-6-2-4-8-17(15)24-19/h1-8H,9-13H2,(H,21,23). The lowest BCUT2D eigenvalue weighted by molar-refractivity contribution is -0.0305. The minimum atomic E-state index is -0.642. The molecule has 1 amide bonds. The molecule has 0 radical (unpaired) electrons. The molecule has 5 heteroatoms. The molecule has 1 spiro atoms. The van der Waals surface area contributed by atoms with Crippen LogP contribution in [0.4, 0.5) is 4.39 Å². The van der Waals surface area contributed by atoms with Crippen LogP contribution in [0.15, 0.2) is 48.5 Å². The highest BCUT2D eigenvalue weighted by atomic mass is 19.1. The van der Waals surface area contributed by atoms with E-state index in [-0.39, 0.29) is 11.7 Å². The number of hydrogen-bond acceptors (Lipinski definition) is 3. The number of nitrogens with one attached hydrogen (secondary N) is 1. The Morgan fingerprint density at radius 3 is 2.58 bits per heavy atom. The molecule has 1 saturated heterocycles. The number of hydrogen-bond donors (Lipinski definition) is 1. The number of ether oxygens (including phenoxy) is 1. The van der Waals surface area contributed by atoms with Gasteiger partial charge in [-0.15, -0.1) is 0 Å². The van der Waals surface area contributed by atoms with Crippen molar-refractivity contribution < 1.29 is 13.9 Å². The molecule has 0 unspecified atom stereocenters. The summed E-state index contributed by atoms with van der Waals surface area (Å²) in [5, 5.41) is 3.02. The topological polar surface area (TPSA) is 41.6 Å². The Labute approximate surface area is 140 Å². The third-order valence-corrected chi connectivity index (χ3v) is 4.79. The summed E-state index contributed by atoms with van der Waals surface area (Å²) in [5.74, 6) is 0.386. The van der Waals surface area contributed by atoms with Gasteiger partial charge in [0, 0.05) is 38.0 Å². The maximum Gasteiger partial charge on any atom is 0.258 e. The van der Waals surface area contributed by atoms with Crippen LogP contribution in [-0.4, -0.2) is 29.6 Å². The zero-order chi connectivity index (χ0) is 16.6. The van der Waals surface area contributed by atoms with E-state index in [1.165, 1.54) is 6.07 Å². The molecule has 2 aliphatic heterocycles. The fraction of sp³-hybridized carbons (Fsp3) is 0.316. The summed E-state index contributed by atoms with van der Waals surface area (Å²) < 4.78 is 19.9. The predicted octanol–water partition coefficient (Wildman–Crippen LogP) is 2.94. The number of nitrogens with zero attached hydrogens (tertiary/aromatic N) is 1. The summed E-state index contributed by atoms with van der Waals surface area (Å²) in [6, 6.07) is 14.2. The zero-order valence-electron chi connectivity index (χ0n) is 13.3. The van der Waals surface area contributed by atoms with Crippen LogP contribution in [0.3, 0.4) is 0 Å². The van der Waals surface area contributed by atoms with Crippen molar-refractivity contribution in [2.45, 2.75) is 25.1 Å². The number of halogens is 1. The second kappa shape index (κ2) is 5.91. The molecule has 0 bridgehead atoms. The number of para-hydroxylation sites is 1. The smallest absolute Gasteiger partial charge is 0.258 e. The highest BCUT2D eigenvalue weighted by molar-refractivity contribution is 5.98. The molecule has 24 heavy (non-hydrogen) atoms. The lowest BCUT2D eigenvalue weighted by atomic mass is 9.96. The molecule has 0 aliphatic carbocycles. The van der Waals surface area contributed by atoms with E-state index in [4.69, 9.17) is 4.74 Å². The minimum Gasteiger partial charge on any atom is -0.467 e. The van der Waals surface area contributed by atoms with E-state index in [1.54, 1.807) is 12.1 Å². The van der Waals surface area contributed by atoms with Gasteiger partial charge in [-0.1, -0.05) is 30.3 Å². The van der Waals surface area contributed by atoms with Crippen LogP contribution in [0.5, 0.6) is 5.75 Å². The van der Waals surface area contributed by atoms with Gasteiger partial charge in [0.1, 0.15) is 11.6 Å². The molecule has 4 nitrogen and oxygen atoms in total. The van der Waals surface area contributed by atoms with Gasteiger partial charge in [0.2, 0.25) is 0 Å². The first-order valence-electron chi connectivity index (χ1n) is 8.22. The average molecular weight is 326 g/mol. The zero-order valence-corrected chi connectivity index (χ0v) is 13.3. The van der Waals surface area contributed by atoms with Crippen molar-refractivity contribution in [1.29, 1.82) is 0 Å². The molecule has 1 N–H and O–H groups in total. The molecule has 0 atom stereocenters. The van der Waals surface area contributed by atoms with E-state index in [0.717, 1.165) is 13.1 Å². The second-order valence-corrected chi connectivity index (χ2v) is 6.41. The maximum absolute atomic E-state index is 13.8. The molecule has 1 fully saturated rings. The first-order chi connectivity index (χ1) is 11.7. The Hall–Kier alpha value is -2.40. The van der Waals surface area contributed by atoms with E-state index in [9.17, 15) is 9.18 Å². The number of benzene rings is 2. The van der Waals surface area contributed by atoms with Crippen LogP contribution >= 0.6 is 0 Å². The Bertz CT molecular complexity index is 769. The summed E-state index contributed by atoms with van der Waals surface area (Å²) >= 11 is 0. The van der Waals surface area contributed by atoms with Gasteiger partial charge in [-0.25, -0.2) is 4.39 Å². The number of piperidine rings is 1. The van der Waals surface area contributed by atoms with Crippen molar-refractivity contribution in [3.05, 3.63) is 65.5 Å². The van der Waals surface area contributed by atoms with Gasteiger partial charge in [-0.3, -0.25) is 9.69 Å². The van der Waals surface area contributed by atoms with Crippen molar-refractivity contribution in [2.75, 3.05) is 13.1 Å². The number of amides is 1. The molecule has 2 aromatic rings. The molecule has 2 aromatic carbocycles. The van der Waals surface area contributed by atoms with Crippen molar-refractivity contribution in [3.63, 3.8) is 0 Å². The average Bonchev–Trinajstić information content (AvgIpc) is 2.59. The Morgan fingerprint density at radius 2 is 1.79 bits per heavy atom. The fourth-order valence-corrected chi connectivity index (χ4v) is 3.42. The highest BCUT2D eigenvalue weighted by Gasteiger charge is 2.42. The van der Waals surface area contributed by atoms with E-state index in [0.29, 0.717) is 36.3 Å². The number of carbonyl (C=O) groups excluding carboxylic acids is 1. The summed E-state index contributed by atoms with van der Waals surface area (Å²) in [6.45, 7) is 2.07. The first kappa shape index (κ1) is 15.1. The summed E-state index contributed by atoms with van der Waals surface area (Å²) in [7, 11) is 0. The summed E-state index contributed by atoms with van der Waals surface area (Å²) in [6.07, 6.45) is 1.36. The van der Waals surface area contributed by atoms with Crippen LogP contribution in [0, 0.1) is 5.82 Å². The normalized spacial score (nSPS) is 19.5. The third-order valence-electron chi connectivity index (χ3n) is 4.79. The van der Waals surface area contributed by atoms with Gasteiger partial charge >= 0.3 is 0 Å². The van der Waals surface area contributed by atoms with Crippen molar-refractivity contribution in [2.24, 2.45) is 0 Å². The molecule has 2 aliphatic rings. The predicted molar refractivity (Wildman–Crippen MR) is 88.2 cm³/mol. The second-order valence-electron chi connectivity index (χ2n) is 6.41. The van der Waals surface area contributed by atoms with Crippen molar-refractivity contribution >= 4 is 5.91 Å². The highest BCUT2D eigenvalue weighted by Crippen LogP contribution is 2.33. The van der Waals surface area contributed by atoms with Crippen LogP contribution in [-0.2, 0) is 6.54 Å². The van der Waals surface area contributed by atoms with E-state index >= 15 is 0 Å². The molecular weight excluding hydrogens is 307 g/mol. The molecule has 2 heterocycles. The number of fused-ring (bicyclic) bond motifs is 1. The Balaban J connectivity index is 1.45. The van der Waals surface area contributed by atoms with Crippen LogP contribution < -0.4 is 10.1 Å². The third kappa shape index (κ3) is 2.76. The van der Waals surface area contributed by atoms with E-state index in [1.807, 2.05) is 30.3 Å². The number of rotatable bonds is 2. The molecule has 124 valence electrons. The van der Waals surface area contributed by atoms with E-state index in [2.05, 4.69) is 10.2 Å². The molecule has 4 rings (SSSR count). The van der Waals surface area contributed by atoms with Crippen LogP contribution in [0.2, 0.25) is 0 Å². The van der Waals surface area contributed by atoms with Crippen LogP contribution in [0.1, 0.15) is 28.8 Å². The van der Waals surface area contributed by atoms with Crippen molar-refractivity contribution in [3.8, 4) is 5.75 Å². The SMILES string of the molecule is O=C1NC2(CCN(Cc3ccccc3F)CC2)Oc2ccccc21. The van der Waals surface area contributed by atoms with Gasteiger partial charge in [-0.05, 0) is 18.2 Å². The lowest BCUT2D eigenvalue weighted by Crippen LogP contribution is -2.60. The van der Waals surface area contributed by atoms with Crippen LogP contribution in [0.25, 0.3) is 0 Å². The van der Waals surface area contributed by atoms with Gasteiger partial charge in [0.25, 0.3) is 5.91 Å². The Morgan fingerprint density at radius 1 is 1.08 bits per heavy atom. The largest absolute Gasteiger partial charge is 0.467 e.